The van der Waals surface area contributed by atoms with Crippen LogP contribution >= 0.6 is 15.9 Å². The van der Waals surface area contributed by atoms with Crippen LogP contribution in [0.2, 0.25) is 0 Å². The molecule has 0 fully saturated rings. The zero-order chi connectivity index (χ0) is 10.6. The molecule has 1 amide bonds. The number of hydrogen-bond donors (Lipinski definition) is 0. The summed E-state index contributed by atoms with van der Waals surface area (Å²) in [6, 6.07) is 5.16. The van der Waals surface area contributed by atoms with Gasteiger partial charge >= 0.3 is 0 Å². The summed E-state index contributed by atoms with van der Waals surface area (Å²) < 4.78 is 0.633. The second kappa shape index (κ2) is 5.07. The van der Waals surface area contributed by atoms with Crippen LogP contribution in [0, 0.1) is 0 Å². The fourth-order valence-electron chi connectivity index (χ4n) is 0.941. The number of nitrogens with zero attached hydrogens (tertiary/aromatic N) is 2. The van der Waals surface area contributed by atoms with Crippen molar-refractivity contribution in [2.75, 3.05) is 13.7 Å². The van der Waals surface area contributed by atoms with E-state index in [9.17, 15) is 4.79 Å². The van der Waals surface area contributed by atoms with Gasteiger partial charge in [0, 0.05) is 7.05 Å². The van der Waals surface area contributed by atoms with Crippen molar-refractivity contribution in [2.24, 2.45) is 0 Å². The van der Waals surface area contributed by atoms with Crippen LogP contribution in [0.4, 0.5) is 0 Å². The first-order chi connectivity index (χ1) is 6.65. The number of carbonyl (C=O) groups is 1. The number of pyridine rings is 1. The third-order valence-electron chi connectivity index (χ3n) is 1.54. The van der Waals surface area contributed by atoms with Gasteiger partial charge in [0.2, 0.25) is 0 Å². The van der Waals surface area contributed by atoms with Gasteiger partial charge in [0.15, 0.2) is 0 Å². The third kappa shape index (κ3) is 2.78. The number of halogens is 1. The molecule has 4 nitrogen and oxygen atoms in total. The molecule has 0 bridgehead atoms. The Labute approximate surface area is 91.0 Å². The fourth-order valence-corrected chi connectivity index (χ4v) is 1.28. The lowest BCUT2D eigenvalue weighted by Gasteiger charge is -2.14. The Kier molecular flexibility index (Phi) is 4.03. The fraction of sp³-hybridized carbons (Fsp3) is 0.333. The summed E-state index contributed by atoms with van der Waals surface area (Å²) in [4.78, 5) is 20.7. The first-order valence-electron chi connectivity index (χ1n) is 4.18. The predicted octanol–water partition coefficient (Wildman–Crippen LogP) is 1.87. The number of aromatic nitrogens is 1. The van der Waals surface area contributed by atoms with E-state index < -0.39 is 0 Å². The van der Waals surface area contributed by atoms with Crippen molar-refractivity contribution in [3.05, 3.63) is 28.5 Å². The number of hydroxylamine groups is 2. The van der Waals surface area contributed by atoms with Crippen molar-refractivity contribution in [2.45, 2.75) is 6.92 Å². The number of rotatable bonds is 3. The Bertz CT molecular complexity index is 330. The van der Waals surface area contributed by atoms with Crippen molar-refractivity contribution in [3.8, 4) is 0 Å². The highest BCUT2D eigenvalue weighted by molar-refractivity contribution is 9.10. The summed E-state index contributed by atoms with van der Waals surface area (Å²) in [5, 5.41) is 1.18. The van der Waals surface area contributed by atoms with Crippen LogP contribution in [0.5, 0.6) is 0 Å². The van der Waals surface area contributed by atoms with Gasteiger partial charge in [-0.3, -0.25) is 9.63 Å². The molecule has 0 N–H and O–H groups in total. The van der Waals surface area contributed by atoms with Crippen LogP contribution in [-0.2, 0) is 4.84 Å². The maximum atomic E-state index is 11.6. The Morgan fingerprint density at radius 3 is 2.93 bits per heavy atom. The van der Waals surface area contributed by atoms with Gasteiger partial charge in [0.25, 0.3) is 5.91 Å². The second-order valence-corrected chi connectivity index (χ2v) is 3.38. The highest BCUT2D eigenvalue weighted by atomic mass is 79.9. The van der Waals surface area contributed by atoms with Gasteiger partial charge in [0.1, 0.15) is 10.3 Å². The van der Waals surface area contributed by atoms with Gasteiger partial charge in [-0.15, -0.1) is 0 Å². The molecule has 0 spiro atoms. The SMILES string of the molecule is CCON(C)C(=O)c1cccc(Br)n1. The second-order valence-electron chi connectivity index (χ2n) is 2.57. The molecule has 1 heterocycles. The molecule has 1 rings (SSSR count). The van der Waals surface area contributed by atoms with Crippen molar-refractivity contribution in [1.29, 1.82) is 0 Å². The largest absolute Gasteiger partial charge is 0.295 e. The van der Waals surface area contributed by atoms with Crippen molar-refractivity contribution >= 4 is 21.8 Å². The molecule has 0 aromatic carbocycles. The van der Waals surface area contributed by atoms with Gasteiger partial charge in [-0.25, -0.2) is 10.0 Å². The summed E-state index contributed by atoms with van der Waals surface area (Å²) in [5.74, 6) is -0.256. The molecule has 0 saturated carbocycles. The summed E-state index contributed by atoms with van der Waals surface area (Å²) in [5.41, 5.74) is 0.357. The molecule has 0 aliphatic heterocycles. The molecule has 0 aliphatic carbocycles. The molecule has 76 valence electrons. The molecular weight excluding hydrogens is 248 g/mol. The number of hydrogen-bond acceptors (Lipinski definition) is 3. The summed E-state index contributed by atoms with van der Waals surface area (Å²) >= 11 is 3.20. The van der Waals surface area contributed by atoms with E-state index in [1.807, 2.05) is 6.92 Å². The van der Waals surface area contributed by atoms with Crippen molar-refractivity contribution < 1.29 is 9.63 Å². The zero-order valence-electron chi connectivity index (χ0n) is 8.03. The van der Waals surface area contributed by atoms with Crippen LogP contribution in [0.25, 0.3) is 0 Å². The lowest BCUT2D eigenvalue weighted by Crippen LogP contribution is -2.27. The number of amides is 1. The maximum absolute atomic E-state index is 11.6. The quantitative estimate of drug-likeness (QED) is 0.614. The van der Waals surface area contributed by atoms with E-state index in [1.54, 1.807) is 25.2 Å². The molecule has 14 heavy (non-hydrogen) atoms. The average molecular weight is 259 g/mol. The summed E-state index contributed by atoms with van der Waals surface area (Å²) in [7, 11) is 1.56. The third-order valence-corrected chi connectivity index (χ3v) is 1.98. The van der Waals surface area contributed by atoms with E-state index >= 15 is 0 Å². The topological polar surface area (TPSA) is 42.4 Å². The minimum Gasteiger partial charge on any atom is -0.271 e. The molecule has 0 saturated heterocycles. The first-order valence-corrected chi connectivity index (χ1v) is 4.98. The summed E-state index contributed by atoms with van der Waals surface area (Å²) in [6.07, 6.45) is 0. The standard InChI is InChI=1S/C9H11BrN2O2/c1-3-14-12(2)9(13)7-5-4-6-8(10)11-7/h4-6H,3H2,1-2H3. The Morgan fingerprint density at radius 2 is 2.36 bits per heavy atom. The normalized spacial score (nSPS) is 9.93. The molecule has 5 heteroatoms. The minimum atomic E-state index is -0.256. The van der Waals surface area contributed by atoms with Gasteiger partial charge < -0.3 is 0 Å². The first kappa shape index (κ1) is 11.1. The molecular formula is C9H11BrN2O2. The van der Waals surface area contributed by atoms with Crippen LogP contribution in [0.15, 0.2) is 22.8 Å². The van der Waals surface area contributed by atoms with Crippen LogP contribution in [-0.4, -0.2) is 29.6 Å². The predicted molar refractivity (Wildman–Crippen MR) is 55.7 cm³/mol. The van der Waals surface area contributed by atoms with E-state index in [1.165, 1.54) is 5.06 Å². The van der Waals surface area contributed by atoms with Gasteiger partial charge in [0.05, 0.1) is 6.61 Å². The molecule has 1 aromatic rings. The maximum Gasteiger partial charge on any atom is 0.295 e. The molecule has 0 aliphatic rings. The van der Waals surface area contributed by atoms with Crippen LogP contribution < -0.4 is 0 Å². The molecule has 1 aromatic heterocycles. The van der Waals surface area contributed by atoms with Gasteiger partial charge in [-0.2, -0.15) is 0 Å². The van der Waals surface area contributed by atoms with E-state index in [4.69, 9.17) is 4.84 Å². The van der Waals surface area contributed by atoms with Crippen LogP contribution in [0.3, 0.4) is 0 Å². The highest BCUT2D eigenvalue weighted by Gasteiger charge is 2.12. The zero-order valence-corrected chi connectivity index (χ0v) is 9.61. The minimum absolute atomic E-state index is 0.256. The smallest absolute Gasteiger partial charge is 0.271 e. The van der Waals surface area contributed by atoms with E-state index in [0.717, 1.165) is 0 Å². The van der Waals surface area contributed by atoms with Gasteiger partial charge in [-0.1, -0.05) is 6.07 Å². The molecule has 0 unspecified atom stereocenters. The monoisotopic (exact) mass is 258 g/mol. The van der Waals surface area contributed by atoms with E-state index in [-0.39, 0.29) is 5.91 Å². The Hall–Kier alpha value is -0.940. The van der Waals surface area contributed by atoms with Crippen molar-refractivity contribution in [3.63, 3.8) is 0 Å². The summed E-state index contributed by atoms with van der Waals surface area (Å²) in [6.45, 7) is 2.27. The molecule has 0 atom stereocenters. The van der Waals surface area contributed by atoms with E-state index in [0.29, 0.717) is 16.9 Å². The Morgan fingerprint density at radius 1 is 1.64 bits per heavy atom. The molecule has 0 radical (unpaired) electrons. The lowest BCUT2D eigenvalue weighted by atomic mass is 10.3. The van der Waals surface area contributed by atoms with Gasteiger partial charge in [-0.05, 0) is 35.0 Å². The van der Waals surface area contributed by atoms with E-state index in [2.05, 4.69) is 20.9 Å². The van der Waals surface area contributed by atoms with Crippen LogP contribution in [0.1, 0.15) is 17.4 Å². The van der Waals surface area contributed by atoms with Crippen molar-refractivity contribution in [1.82, 2.24) is 10.0 Å². The Balaban J connectivity index is 2.78. The average Bonchev–Trinajstić information content (AvgIpc) is 2.17. The highest BCUT2D eigenvalue weighted by Crippen LogP contribution is 2.08. The number of carbonyl (C=O) groups excluding carboxylic acids is 1. The lowest BCUT2D eigenvalue weighted by molar-refractivity contribution is -0.100.